The molecular weight excluding hydrogens is 395 g/mol. The quantitative estimate of drug-likeness (QED) is 0.558. The summed E-state index contributed by atoms with van der Waals surface area (Å²) in [6.07, 6.45) is 4.84. The van der Waals surface area contributed by atoms with E-state index >= 15 is 0 Å². The van der Waals surface area contributed by atoms with Crippen molar-refractivity contribution in [3.05, 3.63) is 64.9 Å². The van der Waals surface area contributed by atoms with E-state index in [0.29, 0.717) is 24.3 Å². The summed E-state index contributed by atoms with van der Waals surface area (Å²) in [6.45, 7) is 4.52. The Balaban J connectivity index is 2.03. The molecule has 0 unspecified atom stereocenters. The van der Waals surface area contributed by atoms with Gasteiger partial charge in [-0.2, -0.15) is 5.10 Å². The number of fused-ring (bicyclic) bond motifs is 5. The van der Waals surface area contributed by atoms with Gasteiger partial charge in [0, 0.05) is 61.0 Å². The number of rotatable bonds is 3. The van der Waals surface area contributed by atoms with Crippen LogP contribution in [0.5, 0.6) is 5.75 Å². The van der Waals surface area contributed by atoms with Crippen LogP contribution in [-0.2, 0) is 13.5 Å². The van der Waals surface area contributed by atoms with Gasteiger partial charge >= 0.3 is 0 Å². The van der Waals surface area contributed by atoms with E-state index in [-0.39, 0.29) is 11.6 Å². The first-order chi connectivity index (χ1) is 14.9. The Hall–Kier alpha value is -3.68. The highest BCUT2D eigenvalue weighted by Gasteiger charge is 2.23. The number of aromatic nitrogens is 3. The Labute approximate surface area is 180 Å². The van der Waals surface area contributed by atoms with E-state index in [4.69, 9.17) is 15.9 Å². The van der Waals surface area contributed by atoms with Crippen molar-refractivity contribution in [1.29, 1.82) is 5.41 Å². The highest BCUT2D eigenvalue weighted by atomic mass is 19.1. The van der Waals surface area contributed by atoms with E-state index in [9.17, 15) is 4.39 Å². The Kier molecular flexibility index (Phi) is 5.46. The van der Waals surface area contributed by atoms with Crippen molar-refractivity contribution in [2.75, 3.05) is 12.3 Å². The second-order valence-corrected chi connectivity index (χ2v) is 7.51. The number of ether oxygens (including phenoxy) is 1. The third kappa shape index (κ3) is 3.88. The smallest absolute Gasteiger partial charge is 0.166 e. The third-order valence-electron chi connectivity index (χ3n) is 5.33. The van der Waals surface area contributed by atoms with Crippen LogP contribution in [0.4, 0.5) is 10.2 Å². The van der Waals surface area contributed by atoms with Gasteiger partial charge in [0.25, 0.3) is 0 Å². The molecular formula is C23H25FN6O. The summed E-state index contributed by atoms with van der Waals surface area (Å²) in [5.74, 6) is 0.313. The van der Waals surface area contributed by atoms with Crippen LogP contribution in [0.3, 0.4) is 0 Å². The Morgan fingerprint density at radius 3 is 2.90 bits per heavy atom. The molecule has 2 bridgehead atoms. The monoisotopic (exact) mass is 420 g/mol. The van der Waals surface area contributed by atoms with Gasteiger partial charge in [-0.05, 0) is 43.2 Å². The van der Waals surface area contributed by atoms with E-state index in [1.807, 2.05) is 27.1 Å². The molecule has 1 aromatic carbocycles. The molecule has 0 saturated heterocycles. The number of nitrogens with one attached hydrogen (secondary N) is 2. The van der Waals surface area contributed by atoms with E-state index in [2.05, 4.69) is 15.4 Å². The van der Waals surface area contributed by atoms with Gasteiger partial charge in [-0.15, -0.1) is 0 Å². The van der Waals surface area contributed by atoms with Crippen LogP contribution >= 0.6 is 0 Å². The fourth-order valence-corrected chi connectivity index (χ4v) is 3.92. The largest absolute Gasteiger partial charge is 0.482 e. The molecule has 0 spiro atoms. The minimum atomic E-state index is -0.480. The lowest BCUT2D eigenvalue weighted by Gasteiger charge is -2.22. The first-order valence-electron chi connectivity index (χ1n) is 10.1. The predicted octanol–water partition coefficient (Wildman–Crippen LogP) is 3.87. The molecule has 0 fully saturated rings. The number of hydrogen-bond donors (Lipinski definition) is 3. The van der Waals surface area contributed by atoms with Crippen molar-refractivity contribution < 1.29 is 9.13 Å². The molecule has 4 N–H and O–H groups in total. The molecule has 0 radical (unpaired) electrons. The molecule has 0 aliphatic carbocycles. The van der Waals surface area contributed by atoms with Crippen LogP contribution in [0.25, 0.3) is 16.8 Å². The van der Waals surface area contributed by atoms with Crippen LogP contribution in [0, 0.1) is 11.2 Å². The zero-order valence-corrected chi connectivity index (χ0v) is 17.7. The number of pyridine rings is 1. The Bertz CT molecular complexity index is 1180. The van der Waals surface area contributed by atoms with E-state index in [1.54, 1.807) is 23.0 Å². The maximum atomic E-state index is 14.2. The molecule has 8 heteroatoms. The van der Waals surface area contributed by atoms with Crippen LogP contribution in [0.15, 0.2) is 42.2 Å². The lowest BCUT2D eigenvalue weighted by molar-refractivity contribution is 0.227. The summed E-state index contributed by atoms with van der Waals surface area (Å²) in [5.41, 5.74) is 11.6. The van der Waals surface area contributed by atoms with Gasteiger partial charge in [0.2, 0.25) is 0 Å². The second-order valence-electron chi connectivity index (χ2n) is 7.51. The van der Waals surface area contributed by atoms with E-state index in [1.165, 1.54) is 18.3 Å². The molecule has 7 nitrogen and oxygen atoms in total. The summed E-state index contributed by atoms with van der Waals surface area (Å²) in [5, 5.41) is 16.1. The number of hydrogen-bond acceptors (Lipinski definition) is 6. The van der Waals surface area contributed by atoms with Crippen molar-refractivity contribution >= 4 is 17.7 Å². The van der Waals surface area contributed by atoms with Gasteiger partial charge in [-0.25, -0.2) is 9.37 Å². The predicted molar refractivity (Wildman–Crippen MR) is 119 cm³/mol. The highest BCUT2D eigenvalue weighted by molar-refractivity contribution is 5.90. The number of nitrogens with zero attached hydrogens (tertiary/aromatic N) is 3. The zero-order valence-electron chi connectivity index (χ0n) is 17.7. The minimum absolute atomic E-state index is 0.250. The molecule has 0 amide bonds. The number of benzene rings is 1. The Morgan fingerprint density at radius 2 is 2.16 bits per heavy atom. The summed E-state index contributed by atoms with van der Waals surface area (Å²) in [7, 11) is 1.85. The van der Waals surface area contributed by atoms with E-state index < -0.39 is 6.10 Å². The van der Waals surface area contributed by atoms with Crippen LogP contribution in [-0.4, -0.2) is 27.5 Å². The van der Waals surface area contributed by atoms with Gasteiger partial charge in [-0.1, -0.05) is 6.07 Å². The van der Waals surface area contributed by atoms with Crippen molar-refractivity contribution in [3.8, 4) is 16.9 Å². The zero-order chi connectivity index (χ0) is 22.1. The van der Waals surface area contributed by atoms with Gasteiger partial charge in [0.15, 0.2) is 11.6 Å². The maximum Gasteiger partial charge on any atom is 0.166 e. The number of anilines is 1. The number of nitrogens with two attached hydrogens (primary N) is 1. The number of halogens is 1. The van der Waals surface area contributed by atoms with Gasteiger partial charge in [0.1, 0.15) is 11.9 Å². The third-order valence-corrected chi connectivity index (χ3v) is 5.33. The number of aryl methyl sites for hydroxylation is 1. The van der Waals surface area contributed by atoms with Crippen molar-refractivity contribution in [3.63, 3.8) is 0 Å². The van der Waals surface area contributed by atoms with Crippen LogP contribution < -0.4 is 15.8 Å². The Morgan fingerprint density at radius 1 is 1.35 bits per heavy atom. The van der Waals surface area contributed by atoms with Gasteiger partial charge in [0.05, 0.1) is 5.69 Å². The fraction of sp³-hybridized carbons (Fsp3) is 0.261. The van der Waals surface area contributed by atoms with Crippen LogP contribution in [0.1, 0.15) is 36.8 Å². The van der Waals surface area contributed by atoms with Crippen molar-refractivity contribution in [2.45, 2.75) is 26.4 Å². The standard InChI is InChI=1S/C23H25FN6O/c1-4-27-22-14(10-25)7-20-19(12-30(3)29-20)17-6-5-16(24)9-18(17)13(2)31-21-8-15(22)11-28-23(21)26/h5-6,8-13,25,27H,4,7H2,1-3H3,(H2,26,28)/b22-14-,25-10?/t13-/m1/s1. The average Bonchev–Trinajstić information content (AvgIpc) is 3.11. The topological polar surface area (TPSA) is 102 Å². The summed E-state index contributed by atoms with van der Waals surface area (Å²) in [6, 6.07) is 6.46. The first kappa shape index (κ1) is 20.6. The molecule has 160 valence electrons. The number of nitrogen functional groups attached to an aromatic ring is 1. The molecule has 0 saturated carbocycles. The number of allylic oxidation sites excluding steroid dienone is 1. The molecule has 1 aliphatic rings. The molecule has 31 heavy (non-hydrogen) atoms. The molecule has 4 rings (SSSR count). The maximum absolute atomic E-state index is 14.2. The minimum Gasteiger partial charge on any atom is -0.482 e. The normalized spacial score (nSPS) is 18.1. The highest BCUT2D eigenvalue weighted by Crippen LogP contribution is 2.37. The van der Waals surface area contributed by atoms with Crippen molar-refractivity contribution in [1.82, 2.24) is 20.1 Å². The fourth-order valence-electron chi connectivity index (χ4n) is 3.92. The van der Waals surface area contributed by atoms with E-state index in [0.717, 1.165) is 33.7 Å². The molecule has 3 heterocycles. The summed E-state index contributed by atoms with van der Waals surface area (Å²) in [4.78, 5) is 4.30. The van der Waals surface area contributed by atoms with Crippen LogP contribution in [0.2, 0.25) is 0 Å². The SMILES string of the molecule is CCN/C1=C(\C=N)Cc2nn(C)cc2-c2ccc(F)cc2[C@@H](C)Oc2cc1cnc2N. The van der Waals surface area contributed by atoms with Gasteiger partial charge < -0.3 is 21.2 Å². The van der Waals surface area contributed by atoms with Crippen molar-refractivity contribution in [2.24, 2.45) is 7.05 Å². The van der Waals surface area contributed by atoms with Gasteiger partial charge in [-0.3, -0.25) is 4.68 Å². The lowest BCUT2D eigenvalue weighted by atomic mass is 9.93. The molecule has 1 atom stereocenters. The second kappa shape index (κ2) is 8.22. The summed E-state index contributed by atoms with van der Waals surface area (Å²) < 4.78 is 22.1. The average molecular weight is 420 g/mol. The first-order valence-corrected chi connectivity index (χ1v) is 10.1. The summed E-state index contributed by atoms with van der Waals surface area (Å²) >= 11 is 0. The molecule has 1 aliphatic heterocycles. The molecule has 3 aromatic rings. The lowest BCUT2D eigenvalue weighted by Crippen LogP contribution is -2.17. The molecule has 2 aromatic heterocycles.